The van der Waals surface area contributed by atoms with Gasteiger partial charge in [0.2, 0.25) is 5.91 Å². The zero-order valence-corrected chi connectivity index (χ0v) is 16.3. The average Bonchev–Trinajstić information content (AvgIpc) is 2.95. The van der Waals surface area contributed by atoms with Crippen molar-refractivity contribution in [1.29, 1.82) is 0 Å². The fourth-order valence-corrected chi connectivity index (χ4v) is 2.90. The van der Waals surface area contributed by atoms with E-state index in [0.29, 0.717) is 12.0 Å². The Morgan fingerprint density at radius 2 is 2.08 bits per heavy atom. The largest absolute Gasteiger partial charge is 0.356 e. The molecule has 1 fully saturated rings. The van der Waals surface area contributed by atoms with Crippen molar-refractivity contribution in [2.75, 3.05) is 46.8 Å². The first-order chi connectivity index (χ1) is 11.4. The summed E-state index contributed by atoms with van der Waals surface area (Å²) in [6.45, 7) is 11.0. The topological polar surface area (TPSA) is 60.0 Å². The first kappa shape index (κ1) is 20.7. The number of hydrogen-bond donors (Lipinski definition) is 2. The lowest BCUT2D eigenvalue weighted by atomic mass is 10.1. The predicted molar refractivity (Wildman–Crippen MR) is 101 cm³/mol. The Balaban J connectivity index is 2.53. The maximum absolute atomic E-state index is 11.8. The molecular formula is C18H37N5O. The van der Waals surface area contributed by atoms with E-state index in [-0.39, 0.29) is 12.5 Å². The second-order valence-electron chi connectivity index (χ2n) is 7.30. The number of unbranched alkanes of at least 4 members (excludes halogenated alkanes) is 1. The Labute approximate surface area is 148 Å². The highest BCUT2D eigenvalue weighted by atomic mass is 16.2. The van der Waals surface area contributed by atoms with Crippen molar-refractivity contribution < 1.29 is 4.79 Å². The molecule has 0 bridgehead atoms. The molecule has 1 amide bonds. The molecule has 0 aromatic heterocycles. The Bertz CT molecular complexity index is 395. The third kappa shape index (κ3) is 7.99. The van der Waals surface area contributed by atoms with Gasteiger partial charge in [-0.3, -0.25) is 9.69 Å². The fourth-order valence-electron chi connectivity index (χ4n) is 2.90. The molecule has 1 atom stereocenters. The summed E-state index contributed by atoms with van der Waals surface area (Å²) in [6, 6.07) is 0.565. The van der Waals surface area contributed by atoms with Gasteiger partial charge in [-0.25, -0.2) is 4.99 Å². The molecule has 0 saturated carbocycles. The van der Waals surface area contributed by atoms with Crippen LogP contribution in [0.2, 0.25) is 0 Å². The molecule has 2 N–H and O–H groups in total. The lowest BCUT2D eigenvalue weighted by molar-refractivity contribution is -0.127. The van der Waals surface area contributed by atoms with Crippen LogP contribution in [0.3, 0.4) is 0 Å². The number of likely N-dealkylation sites (tertiary alicyclic amines) is 1. The predicted octanol–water partition coefficient (Wildman–Crippen LogP) is 1.53. The highest BCUT2D eigenvalue weighted by Crippen LogP contribution is 2.17. The second kappa shape index (κ2) is 11.3. The first-order valence-corrected chi connectivity index (χ1v) is 9.40. The smallest absolute Gasteiger partial charge is 0.243 e. The summed E-state index contributed by atoms with van der Waals surface area (Å²) < 4.78 is 0. The number of hydrogen-bond acceptors (Lipinski definition) is 3. The summed E-state index contributed by atoms with van der Waals surface area (Å²) in [5.74, 6) is 1.48. The summed E-state index contributed by atoms with van der Waals surface area (Å²) in [6.07, 6.45) is 4.75. The number of nitrogens with zero attached hydrogens (tertiary/aromatic N) is 3. The SMILES string of the molecule is CCCCNC(=NCC(=O)N(C)C)NC[C@H]1CCCN1CC(C)C. The van der Waals surface area contributed by atoms with E-state index in [1.165, 1.54) is 19.4 Å². The molecule has 0 unspecified atom stereocenters. The van der Waals surface area contributed by atoms with Crippen LogP contribution in [-0.2, 0) is 4.79 Å². The first-order valence-electron chi connectivity index (χ1n) is 9.40. The molecule has 0 aliphatic carbocycles. The molecule has 6 nitrogen and oxygen atoms in total. The molecule has 1 aliphatic heterocycles. The van der Waals surface area contributed by atoms with Gasteiger partial charge in [-0.2, -0.15) is 0 Å². The molecule has 24 heavy (non-hydrogen) atoms. The van der Waals surface area contributed by atoms with Crippen molar-refractivity contribution in [3.63, 3.8) is 0 Å². The summed E-state index contributed by atoms with van der Waals surface area (Å²) in [5.41, 5.74) is 0. The number of aliphatic imine (C=N–C) groups is 1. The fraction of sp³-hybridized carbons (Fsp3) is 0.889. The van der Waals surface area contributed by atoms with Crippen LogP contribution in [-0.4, -0.2) is 74.5 Å². The van der Waals surface area contributed by atoms with Gasteiger partial charge in [0.25, 0.3) is 0 Å². The zero-order chi connectivity index (χ0) is 17.9. The average molecular weight is 340 g/mol. The highest BCUT2D eigenvalue weighted by molar-refractivity contribution is 5.84. The molecule has 0 spiro atoms. The van der Waals surface area contributed by atoms with Crippen LogP contribution < -0.4 is 10.6 Å². The number of likely N-dealkylation sites (N-methyl/N-ethyl adjacent to an activating group) is 1. The Morgan fingerprint density at radius 3 is 2.71 bits per heavy atom. The van der Waals surface area contributed by atoms with Crippen LogP contribution in [0.15, 0.2) is 4.99 Å². The van der Waals surface area contributed by atoms with Crippen LogP contribution in [0.5, 0.6) is 0 Å². The van der Waals surface area contributed by atoms with Crippen LogP contribution in [0.4, 0.5) is 0 Å². The Morgan fingerprint density at radius 1 is 1.33 bits per heavy atom. The van der Waals surface area contributed by atoms with Gasteiger partial charge < -0.3 is 15.5 Å². The number of rotatable bonds is 9. The second-order valence-corrected chi connectivity index (χ2v) is 7.30. The monoisotopic (exact) mass is 339 g/mol. The number of carbonyl (C=O) groups excluding carboxylic acids is 1. The van der Waals surface area contributed by atoms with Crippen LogP contribution in [0.25, 0.3) is 0 Å². The van der Waals surface area contributed by atoms with Crippen molar-refractivity contribution in [2.45, 2.75) is 52.5 Å². The van der Waals surface area contributed by atoms with Crippen LogP contribution >= 0.6 is 0 Å². The standard InChI is InChI=1S/C18H37N5O/c1-6-7-10-19-18(21-13-17(24)22(4)5)20-12-16-9-8-11-23(16)14-15(2)3/h15-16H,6-14H2,1-5H3,(H2,19,20,21)/t16-/m1/s1. The molecule has 0 aromatic carbocycles. The minimum atomic E-state index is 0.0221. The lowest BCUT2D eigenvalue weighted by Crippen LogP contribution is -2.46. The molecule has 6 heteroatoms. The van der Waals surface area contributed by atoms with Gasteiger partial charge in [-0.05, 0) is 31.7 Å². The van der Waals surface area contributed by atoms with Crippen LogP contribution in [0.1, 0.15) is 46.5 Å². The summed E-state index contributed by atoms with van der Waals surface area (Å²) >= 11 is 0. The van der Waals surface area contributed by atoms with E-state index in [1.54, 1.807) is 19.0 Å². The molecule has 1 saturated heterocycles. The van der Waals surface area contributed by atoms with Gasteiger partial charge in [-0.1, -0.05) is 27.2 Å². The van der Waals surface area contributed by atoms with Crippen molar-refractivity contribution >= 4 is 11.9 Å². The van der Waals surface area contributed by atoms with E-state index in [9.17, 15) is 4.79 Å². The van der Waals surface area contributed by atoms with Crippen molar-refractivity contribution in [3.8, 4) is 0 Å². The third-order valence-electron chi connectivity index (χ3n) is 4.30. The van der Waals surface area contributed by atoms with Gasteiger partial charge in [-0.15, -0.1) is 0 Å². The number of carbonyl (C=O) groups is 1. The lowest BCUT2D eigenvalue weighted by Gasteiger charge is -2.27. The van der Waals surface area contributed by atoms with E-state index in [0.717, 1.165) is 38.4 Å². The number of guanidine groups is 1. The summed E-state index contributed by atoms with van der Waals surface area (Å²) in [4.78, 5) is 20.4. The molecular weight excluding hydrogens is 302 g/mol. The van der Waals surface area contributed by atoms with E-state index in [2.05, 4.69) is 41.3 Å². The maximum Gasteiger partial charge on any atom is 0.243 e. The Kier molecular flexibility index (Phi) is 9.76. The minimum absolute atomic E-state index is 0.0221. The molecule has 0 radical (unpaired) electrons. The van der Waals surface area contributed by atoms with E-state index < -0.39 is 0 Å². The van der Waals surface area contributed by atoms with E-state index >= 15 is 0 Å². The van der Waals surface area contributed by atoms with Crippen molar-refractivity contribution in [1.82, 2.24) is 20.4 Å². The molecule has 140 valence electrons. The highest BCUT2D eigenvalue weighted by Gasteiger charge is 2.24. The number of amides is 1. The van der Waals surface area contributed by atoms with E-state index in [4.69, 9.17) is 0 Å². The maximum atomic E-state index is 11.8. The third-order valence-corrected chi connectivity index (χ3v) is 4.30. The van der Waals surface area contributed by atoms with E-state index in [1.807, 2.05) is 0 Å². The van der Waals surface area contributed by atoms with Crippen LogP contribution in [0, 0.1) is 5.92 Å². The normalized spacial score (nSPS) is 18.9. The summed E-state index contributed by atoms with van der Waals surface area (Å²) in [7, 11) is 3.52. The summed E-state index contributed by atoms with van der Waals surface area (Å²) in [5, 5.41) is 6.79. The minimum Gasteiger partial charge on any atom is -0.356 e. The van der Waals surface area contributed by atoms with Gasteiger partial charge in [0.15, 0.2) is 5.96 Å². The van der Waals surface area contributed by atoms with Crippen molar-refractivity contribution in [3.05, 3.63) is 0 Å². The van der Waals surface area contributed by atoms with Gasteiger partial charge in [0, 0.05) is 39.8 Å². The zero-order valence-electron chi connectivity index (χ0n) is 16.3. The molecule has 1 aliphatic rings. The Hall–Kier alpha value is -1.30. The molecule has 0 aromatic rings. The van der Waals surface area contributed by atoms with Gasteiger partial charge in [0.1, 0.15) is 6.54 Å². The van der Waals surface area contributed by atoms with Gasteiger partial charge in [0.05, 0.1) is 0 Å². The quantitative estimate of drug-likeness (QED) is 0.380. The van der Waals surface area contributed by atoms with Crippen molar-refractivity contribution in [2.24, 2.45) is 10.9 Å². The molecule has 1 heterocycles. The van der Waals surface area contributed by atoms with Gasteiger partial charge >= 0.3 is 0 Å². The molecule has 1 rings (SSSR count). The number of nitrogens with one attached hydrogen (secondary N) is 2.